The number of unbranched alkanes of at least 4 members (excludes halogenated alkanes) is 26. The highest BCUT2D eigenvalue weighted by atomic mass is 32.1. The number of hydrogen-bond acceptors (Lipinski definition) is 3. The lowest BCUT2D eigenvalue weighted by Crippen LogP contribution is -1.90. The first kappa shape index (κ1) is 48.2. The molecule has 0 aromatic heterocycles. The predicted octanol–water partition coefficient (Wildman–Crippen LogP) is 13.4. The Bertz CT molecular complexity index is 485. The third-order valence-corrected chi connectivity index (χ3v) is 8.47. The summed E-state index contributed by atoms with van der Waals surface area (Å²) in [6.07, 6.45) is 43.1. The fourth-order valence-electron chi connectivity index (χ4n) is 5.27. The van der Waals surface area contributed by atoms with E-state index in [2.05, 4.69) is 53.0 Å². The zero-order valence-electron chi connectivity index (χ0n) is 29.5. The molecule has 0 aliphatic rings. The number of hydrogen-bond donors (Lipinski definition) is 5. The van der Waals surface area contributed by atoms with Crippen LogP contribution >= 0.6 is 33.1 Å². The Labute approximate surface area is 282 Å². The van der Waals surface area contributed by atoms with Gasteiger partial charge in [0.1, 0.15) is 0 Å². The zero-order valence-corrected chi connectivity index (χ0v) is 32.1. The van der Waals surface area contributed by atoms with Gasteiger partial charge in [-0.25, -0.2) is 4.57 Å². The Balaban J connectivity index is -0.000000642. The molecule has 0 saturated heterocycles. The summed E-state index contributed by atoms with van der Waals surface area (Å²) in [6, 6.07) is 0. The highest BCUT2D eigenvalue weighted by molar-refractivity contribution is 7.81. The smallest absolute Gasteiger partial charge is 0.303 e. The molecule has 0 spiro atoms. The van der Waals surface area contributed by atoms with Gasteiger partial charge < -0.3 is 14.7 Å². The Kier molecular flexibility index (Phi) is 45.8. The minimum absolute atomic E-state index is 0.595. The van der Waals surface area contributed by atoms with E-state index >= 15 is 0 Å². The molecule has 0 rings (SSSR count). The van der Waals surface area contributed by atoms with E-state index in [1.54, 1.807) is 0 Å². The van der Waals surface area contributed by atoms with E-state index in [0.29, 0.717) is 10.5 Å². The van der Waals surface area contributed by atoms with Gasteiger partial charge in [-0.2, -0.15) is 25.3 Å². The van der Waals surface area contributed by atoms with Crippen molar-refractivity contribution in [3.8, 4) is 0 Å². The van der Waals surface area contributed by atoms with Gasteiger partial charge in [0.25, 0.3) is 0 Å². The summed E-state index contributed by atoms with van der Waals surface area (Å²) in [7, 11) is -4.64. The minimum atomic E-state index is -4.64. The van der Waals surface area contributed by atoms with Gasteiger partial charge in [0, 0.05) is 0 Å². The van der Waals surface area contributed by atoms with Gasteiger partial charge >= 0.3 is 7.82 Å². The van der Waals surface area contributed by atoms with Crippen LogP contribution in [-0.2, 0) is 4.57 Å². The first-order chi connectivity index (χ1) is 20.5. The Hall–Kier alpha value is 0.810. The molecule has 2 unspecified atom stereocenters. The van der Waals surface area contributed by atoms with Crippen LogP contribution in [0.4, 0.5) is 0 Å². The molecule has 0 aliphatic carbocycles. The zero-order chi connectivity index (χ0) is 32.9. The fraction of sp³-hybridized carbons (Fsp3) is 1.00. The summed E-state index contributed by atoms with van der Waals surface area (Å²) in [6.45, 7) is 8.98. The van der Waals surface area contributed by atoms with E-state index in [9.17, 15) is 0 Å². The van der Waals surface area contributed by atoms with Gasteiger partial charge in [-0.1, -0.05) is 207 Å². The molecule has 0 amide bonds. The molecular formula is C36H79O4PS2. The van der Waals surface area contributed by atoms with Crippen molar-refractivity contribution in [3.63, 3.8) is 0 Å². The van der Waals surface area contributed by atoms with Gasteiger partial charge in [0.15, 0.2) is 0 Å². The Morgan fingerprint density at radius 1 is 0.395 bits per heavy atom. The van der Waals surface area contributed by atoms with Gasteiger partial charge in [0.05, 0.1) is 0 Å². The molecule has 0 bridgehead atoms. The summed E-state index contributed by atoms with van der Waals surface area (Å²) >= 11 is 8.83. The average molecular weight is 671 g/mol. The summed E-state index contributed by atoms with van der Waals surface area (Å²) in [5, 5.41) is 1.19. The van der Waals surface area contributed by atoms with Crippen LogP contribution in [-0.4, -0.2) is 25.2 Å². The van der Waals surface area contributed by atoms with E-state index in [1.807, 2.05) is 0 Å². The van der Waals surface area contributed by atoms with E-state index in [-0.39, 0.29) is 0 Å². The van der Waals surface area contributed by atoms with Crippen molar-refractivity contribution < 1.29 is 19.2 Å². The van der Waals surface area contributed by atoms with Crippen molar-refractivity contribution in [2.75, 3.05) is 0 Å². The molecule has 0 fully saturated rings. The van der Waals surface area contributed by atoms with Crippen molar-refractivity contribution in [1.82, 2.24) is 0 Å². The van der Waals surface area contributed by atoms with Gasteiger partial charge in [-0.3, -0.25) is 0 Å². The third-order valence-electron chi connectivity index (χ3n) is 7.95. The van der Waals surface area contributed by atoms with Crippen molar-refractivity contribution >= 4 is 33.1 Å². The standard InChI is InChI=1S/2C18H38S.H3O4P/c2*1-3-4-5-6-7-8-9-10-11-12-13-14-15-16-17-18(2)19;1-5(2,3)4/h2*18-19H,3-17H2,1-2H3;(H3,1,2,3,4). The molecule has 0 heterocycles. The van der Waals surface area contributed by atoms with Crippen LogP contribution < -0.4 is 0 Å². The van der Waals surface area contributed by atoms with Crippen LogP contribution in [0.15, 0.2) is 0 Å². The number of phosphoric acid groups is 1. The largest absolute Gasteiger partial charge is 0.466 e. The van der Waals surface area contributed by atoms with Crippen molar-refractivity contribution in [3.05, 3.63) is 0 Å². The molecule has 0 aliphatic heterocycles. The lowest BCUT2D eigenvalue weighted by atomic mass is 10.0. The second-order valence-electron chi connectivity index (χ2n) is 13.0. The van der Waals surface area contributed by atoms with Crippen LogP contribution in [0.25, 0.3) is 0 Å². The van der Waals surface area contributed by atoms with Crippen LogP contribution in [0.5, 0.6) is 0 Å². The summed E-state index contributed by atoms with van der Waals surface area (Å²) in [5.41, 5.74) is 0. The second-order valence-corrected chi connectivity index (χ2v) is 15.8. The molecule has 3 N–H and O–H groups in total. The molecule has 4 nitrogen and oxygen atoms in total. The van der Waals surface area contributed by atoms with Crippen molar-refractivity contribution in [2.45, 2.75) is 231 Å². The maximum absolute atomic E-state index is 8.88. The summed E-state index contributed by atoms with van der Waals surface area (Å²) < 4.78 is 8.88. The highest BCUT2D eigenvalue weighted by Crippen LogP contribution is 2.25. The molecule has 0 aromatic rings. The van der Waals surface area contributed by atoms with Crippen LogP contribution in [0, 0.1) is 0 Å². The monoisotopic (exact) mass is 671 g/mol. The van der Waals surface area contributed by atoms with Gasteiger partial charge in [0.2, 0.25) is 0 Å². The molecule has 0 aromatic carbocycles. The van der Waals surface area contributed by atoms with Crippen molar-refractivity contribution in [2.24, 2.45) is 0 Å². The first-order valence-electron chi connectivity index (χ1n) is 18.7. The Morgan fingerprint density at radius 2 is 0.535 bits per heavy atom. The predicted molar refractivity (Wildman–Crippen MR) is 201 cm³/mol. The fourth-order valence-corrected chi connectivity index (χ4v) is 5.63. The van der Waals surface area contributed by atoms with E-state index in [0.717, 1.165) is 0 Å². The van der Waals surface area contributed by atoms with Gasteiger partial charge in [-0.05, 0) is 23.3 Å². The normalized spacial score (nSPS) is 12.7. The molecule has 43 heavy (non-hydrogen) atoms. The summed E-state index contributed by atoms with van der Waals surface area (Å²) in [4.78, 5) is 21.6. The molecule has 7 heteroatoms. The quantitative estimate of drug-likeness (QED) is 0.0299. The van der Waals surface area contributed by atoms with Crippen molar-refractivity contribution in [1.29, 1.82) is 0 Å². The maximum atomic E-state index is 8.88. The average Bonchev–Trinajstić information content (AvgIpc) is 2.92. The molecule has 264 valence electrons. The van der Waals surface area contributed by atoms with Gasteiger partial charge in [-0.15, -0.1) is 0 Å². The molecule has 2 atom stereocenters. The number of rotatable bonds is 30. The molecule has 0 radical (unpaired) electrons. The lowest BCUT2D eigenvalue weighted by Gasteiger charge is -2.04. The van der Waals surface area contributed by atoms with Crippen LogP contribution in [0.3, 0.4) is 0 Å². The van der Waals surface area contributed by atoms with Crippen LogP contribution in [0.1, 0.15) is 220 Å². The third kappa shape index (κ3) is 66.2. The number of thiol groups is 2. The second kappa shape index (κ2) is 40.8. The lowest BCUT2D eigenvalue weighted by molar-refractivity contribution is 0.275. The van der Waals surface area contributed by atoms with Crippen LogP contribution in [0.2, 0.25) is 0 Å². The minimum Gasteiger partial charge on any atom is -0.303 e. The molecule has 0 saturated carbocycles. The first-order valence-corrected chi connectivity index (χ1v) is 21.3. The molecular weight excluding hydrogens is 592 g/mol. The Morgan fingerprint density at radius 3 is 0.674 bits per heavy atom. The summed E-state index contributed by atoms with van der Waals surface area (Å²) in [5.74, 6) is 0. The van der Waals surface area contributed by atoms with E-state index in [4.69, 9.17) is 19.2 Å². The maximum Gasteiger partial charge on any atom is 0.466 e. The SMILES string of the molecule is CCCCCCCCCCCCCCCCC(C)S.CCCCCCCCCCCCCCCCC(C)S.O=P(O)(O)O. The highest BCUT2D eigenvalue weighted by Gasteiger charge is 2.00. The van der Waals surface area contributed by atoms with E-state index < -0.39 is 7.82 Å². The topological polar surface area (TPSA) is 77.8 Å². The van der Waals surface area contributed by atoms with E-state index in [1.165, 1.54) is 193 Å².